The van der Waals surface area contributed by atoms with Gasteiger partial charge in [-0.2, -0.15) is 0 Å². The summed E-state index contributed by atoms with van der Waals surface area (Å²) in [6, 6.07) is 0.482. The predicted molar refractivity (Wildman–Crippen MR) is 265 cm³/mol. The topological polar surface area (TPSA) is 108 Å². The number of nitrogens with zero attached hydrogens (tertiary/aromatic N) is 2. The molecule has 1 rings (SSSR count). The van der Waals surface area contributed by atoms with Crippen LogP contribution in [0.1, 0.15) is 252 Å². The lowest BCUT2D eigenvalue weighted by Gasteiger charge is -2.38. The van der Waals surface area contributed by atoms with Gasteiger partial charge < -0.3 is 24.8 Å². The van der Waals surface area contributed by atoms with Crippen molar-refractivity contribution in [2.45, 2.75) is 258 Å². The van der Waals surface area contributed by atoms with Gasteiger partial charge in [0.25, 0.3) is 0 Å². The van der Waals surface area contributed by atoms with Crippen molar-refractivity contribution >= 4 is 17.8 Å². The molecule has 9 nitrogen and oxygen atoms in total. The van der Waals surface area contributed by atoms with Crippen molar-refractivity contribution in [1.82, 2.24) is 15.1 Å². The van der Waals surface area contributed by atoms with Gasteiger partial charge in [-0.15, -0.1) is 0 Å². The average Bonchev–Trinajstić information content (AvgIpc) is 3.29. The molecule has 0 aromatic carbocycles. The Morgan fingerprint density at radius 1 is 0.540 bits per heavy atom. The smallest absolute Gasteiger partial charge is 0.305 e. The second kappa shape index (κ2) is 44.1. The van der Waals surface area contributed by atoms with Crippen molar-refractivity contribution in [3.05, 3.63) is 0 Å². The number of carbonyl (C=O) groups is 3. The molecule has 1 fully saturated rings. The molecule has 0 aromatic heterocycles. The van der Waals surface area contributed by atoms with Gasteiger partial charge in [-0.25, -0.2) is 0 Å². The Morgan fingerprint density at radius 3 is 1.48 bits per heavy atom. The van der Waals surface area contributed by atoms with E-state index >= 15 is 0 Å². The summed E-state index contributed by atoms with van der Waals surface area (Å²) in [7, 11) is 0. The minimum absolute atomic E-state index is 0.00814. The highest BCUT2D eigenvalue weighted by Crippen LogP contribution is 2.21. The van der Waals surface area contributed by atoms with E-state index in [2.05, 4.69) is 42.8 Å². The lowest BCUT2D eigenvalue weighted by molar-refractivity contribution is -0.149. The van der Waals surface area contributed by atoms with Crippen LogP contribution in [0.5, 0.6) is 0 Å². The number of carbonyl (C=O) groups excluding carboxylic acids is 3. The van der Waals surface area contributed by atoms with Crippen LogP contribution in [0.15, 0.2) is 0 Å². The van der Waals surface area contributed by atoms with E-state index in [1.165, 1.54) is 116 Å². The van der Waals surface area contributed by atoms with Crippen molar-refractivity contribution in [2.24, 2.45) is 11.8 Å². The van der Waals surface area contributed by atoms with Crippen LogP contribution in [0.3, 0.4) is 0 Å². The zero-order valence-corrected chi connectivity index (χ0v) is 42.2. The summed E-state index contributed by atoms with van der Waals surface area (Å²) < 4.78 is 11.4. The largest absolute Gasteiger partial charge is 0.465 e. The van der Waals surface area contributed by atoms with Gasteiger partial charge in [0.1, 0.15) is 0 Å². The Balaban J connectivity index is 2.41. The molecule has 1 saturated heterocycles. The first-order chi connectivity index (χ1) is 30.9. The zero-order valence-electron chi connectivity index (χ0n) is 42.2. The predicted octanol–water partition coefficient (Wildman–Crippen LogP) is 13.1. The maximum atomic E-state index is 12.8. The number of aliphatic hydroxyl groups is 1. The standard InChI is InChI=1S/C54H105N3O6/c1-5-9-13-17-21-24-32-49(33-25-22-18-14-10-6-2)46-55-52(59)35-26-23-30-40-56-42-38-51(39-43-56)57(44-45-58)41-31-29-34-50(47-62-53(60)36-27-19-15-11-7-3)48-63-54(61)37-28-20-16-12-8-4/h49-51,58H,5-48H2,1-4H3,(H,55,59). The number of esters is 2. The molecule has 63 heavy (non-hydrogen) atoms. The minimum atomic E-state index is -0.141. The number of likely N-dealkylation sites (tertiary alicyclic amines) is 1. The molecule has 0 saturated carbocycles. The van der Waals surface area contributed by atoms with Crippen LogP contribution in [0.4, 0.5) is 0 Å². The van der Waals surface area contributed by atoms with Gasteiger partial charge in [0, 0.05) is 44.3 Å². The molecule has 0 radical (unpaired) electrons. The molecule has 372 valence electrons. The monoisotopic (exact) mass is 892 g/mol. The number of ether oxygens (including phenoxy) is 2. The molecule has 0 aromatic rings. The lowest BCUT2D eigenvalue weighted by Crippen LogP contribution is -2.46. The summed E-state index contributed by atoms with van der Waals surface area (Å²) in [4.78, 5) is 42.9. The fourth-order valence-corrected chi connectivity index (χ4v) is 9.31. The number of amides is 1. The highest BCUT2D eigenvalue weighted by molar-refractivity contribution is 5.75. The van der Waals surface area contributed by atoms with E-state index in [0.717, 1.165) is 123 Å². The Bertz CT molecular complexity index is 991. The van der Waals surface area contributed by atoms with Gasteiger partial charge >= 0.3 is 11.9 Å². The molecule has 1 aliphatic heterocycles. The van der Waals surface area contributed by atoms with E-state index in [4.69, 9.17) is 9.47 Å². The average molecular weight is 892 g/mol. The number of rotatable bonds is 46. The van der Waals surface area contributed by atoms with Gasteiger partial charge in [-0.05, 0) is 96.3 Å². The van der Waals surface area contributed by atoms with Gasteiger partial charge in [-0.1, -0.05) is 169 Å². The second-order valence-electron chi connectivity index (χ2n) is 19.5. The lowest BCUT2D eigenvalue weighted by atomic mass is 9.94. The summed E-state index contributed by atoms with van der Waals surface area (Å²) >= 11 is 0. The second-order valence-corrected chi connectivity index (χ2v) is 19.5. The summed E-state index contributed by atoms with van der Waals surface area (Å²) in [5.74, 6) is 0.597. The molecular weight excluding hydrogens is 787 g/mol. The van der Waals surface area contributed by atoms with Crippen LogP contribution in [0.25, 0.3) is 0 Å². The van der Waals surface area contributed by atoms with Crippen molar-refractivity contribution < 1.29 is 29.0 Å². The van der Waals surface area contributed by atoms with E-state index in [0.29, 0.717) is 51.0 Å². The Labute approximate surface area is 390 Å². The van der Waals surface area contributed by atoms with Crippen LogP contribution >= 0.6 is 0 Å². The summed E-state index contributed by atoms with van der Waals surface area (Å²) in [5, 5.41) is 13.3. The zero-order chi connectivity index (χ0) is 45.9. The van der Waals surface area contributed by atoms with Gasteiger partial charge in [0.15, 0.2) is 0 Å². The quantitative estimate of drug-likeness (QED) is 0.0459. The van der Waals surface area contributed by atoms with Crippen molar-refractivity contribution in [3.63, 3.8) is 0 Å². The van der Waals surface area contributed by atoms with E-state index in [-0.39, 0.29) is 30.4 Å². The van der Waals surface area contributed by atoms with Crippen molar-refractivity contribution in [3.8, 4) is 0 Å². The highest BCUT2D eigenvalue weighted by atomic mass is 16.5. The first-order valence-corrected chi connectivity index (χ1v) is 27.5. The molecule has 0 atom stereocenters. The molecule has 1 heterocycles. The van der Waals surface area contributed by atoms with Crippen molar-refractivity contribution in [2.75, 3.05) is 59.1 Å². The number of aliphatic hydroxyl groups excluding tert-OH is 1. The maximum Gasteiger partial charge on any atom is 0.305 e. The normalized spacial score (nSPS) is 13.7. The first-order valence-electron chi connectivity index (χ1n) is 27.5. The third-order valence-corrected chi connectivity index (χ3v) is 13.6. The van der Waals surface area contributed by atoms with E-state index in [1.54, 1.807) is 0 Å². The minimum Gasteiger partial charge on any atom is -0.465 e. The third kappa shape index (κ3) is 36.1. The summed E-state index contributed by atoms with van der Waals surface area (Å²) in [5.41, 5.74) is 0. The van der Waals surface area contributed by atoms with Crippen LogP contribution < -0.4 is 5.32 Å². The number of unbranched alkanes of at least 4 members (excludes halogenated alkanes) is 21. The van der Waals surface area contributed by atoms with Gasteiger partial charge in [0.2, 0.25) is 5.91 Å². The molecule has 1 aliphatic rings. The number of piperidine rings is 1. The van der Waals surface area contributed by atoms with Crippen LogP contribution in [-0.2, 0) is 23.9 Å². The van der Waals surface area contributed by atoms with Gasteiger partial charge in [-0.3, -0.25) is 19.3 Å². The van der Waals surface area contributed by atoms with Crippen LogP contribution in [-0.4, -0.2) is 97.9 Å². The number of nitrogens with one attached hydrogen (secondary N) is 1. The number of hydrogen-bond donors (Lipinski definition) is 2. The Kier molecular flexibility index (Phi) is 41.6. The van der Waals surface area contributed by atoms with Crippen molar-refractivity contribution in [1.29, 1.82) is 0 Å². The molecule has 9 heteroatoms. The fourth-order valence-electron chi connectivity index (χ4n) is 9.31. The molecule has 0 unspecified atom stereocenters. The molecule has 1 amide bonds. The molecular formula is C54H105N3O6. The molecule has 0 bridgehead atoms. The first kappa shape index (κ1) is 59.3. The Morgan fingerprint density at radius 2 is 0.968 bits per heavy atom. The summed E-state index contributed by atoms with van der Waals surface area (Å²) in [6.45, 7) is 15.5. The molecule has 0 spiro atoms. The maximum absolute atomic E-state index is 12.8. The van der Waals surface area contributed by atoms with E-state index in [1.807, 2.05) is 0 Å². The SMILES string of the molecule is CCCCCCCCC(CCCCCCCC)CNC(=O)CCCCCN1CCC(N(CCO)CCCCC(COC(=O)CCCCCCC)COC(=O)CCCCCCC)CC1. The van der Waals surface area contributed by atoms with E-state index < -0.39 is 0 Å². The van der Waals surface area contributed by atoms with Crippen LogP contribution in [0, 0.1) is 11.8 Å². The Hall–Kier alpha value is -1.71. The third-order valence-electron chi connectivity index (χ3n) is 13.6. The van der Waals surface area contributed by atoms with Crippen LogP contribution in [0.2, 0.25) is 0 Å². The molecule has 0 aliphatic carbocycles. The van der Waals surface area contributed by atoms with E-state index in [9.17, 15) is 19.5 Å². The fraction of sp³-hybridized carbons (Fsp3) is 0.944. The van der Waals surface area contributed by atoms with Gasteiger partial charge in [0.05, 0.1) is 19.8 Å². The summed E-state index contributed by atoms with van der Waals surface area (Å²) in [6.07, 6.45) is 39.3. The molecule has 2 N–H and O–H groups in total. The highest BCUT2D eigenvalue weighted by Gasteiger charge is 2.24. The number of hydrogen-bond acceptors (Lipinski definition) is 8.